The minimum Gasteiger partial charge on any atom is -0.621 e. The van der Waals surface area contributed by atoms with Crippen LogP contribution in [0.4, 0.5) is 0 Å². The molecule has 1 aliphatic rings. The number of hydrogen-bond donors (Lipinski definition) is 0. The summed E-state index contributed by atoms with van der Waals surface area (Å²) >= 11 is 1.32. The van der Waals surface area contributed by atoms with Gasteiger partial charge in [0.05, 0.1) is 0 Å². The van der Waals surface area contributed by atoms with Gasteiger partial charge in [-0.05, 0) is 0 Å². The molecule has 0 aromatic heterocycles. The second kappa shape index (κ2) is 1.91. The summed E-state index contributed by atoms with van der Waals surface area (Å²) in [7, 11) is 0. The molecule has 0 aromatic rings. The van der Waals surface area contributed by atoms with Crippen molar-refractivity contribution in [2.24, 2.45) is 0 Å². The van der Waals surface area contributed by atoms with E-state index in [0.29, 0.717) is 0 Å². The van der Waals surface area contributed by atoms with E-state index in [4.69, 9.17) is 0 Å². The smallest absolute Gasteiger partial charge is 0.107 e. The Labute approximate surface area is 51.0 Å². The predicted molar refractivity (Wildman–Crippen MR) is 32.9 cm³/mol. The van der Waals surface area contributed by atoms with Gasteiger partial charge in [0.2, 0.25) is 0 Å². The van der Waals surface area contributed by atoms with E-state index >= 15 is 0 Å². The fraction of sp³-hybridized carbons (Fsp3) is 0. The largest absolute Gasteiger partial charge is 0.621 e. The fourth-order valence-corrected chi connectivity index (χ4v) is 0.906. The van der Waals surface area contributed by atoms with Gasteiger partial charge in [-0.25, -0.2) is 0 Å². The van der Waals surface area contributed by atoms with Crippen molar-refractivity contribution in [1.82, 2.24) is 0 Å². The van der Waals surface area contributed by atoms with Crippen LogP contribution in [0.25, 0.3) is 0 Å². The molecule has 0 unspecified atom stereocenters. The van der Waals surface area contributed by atoms with Crippen LogP contribution in [0.2, 0.25) is 0 Å². The Balaban J connectivity index is 2.69. The van der Waals surface area contributed by atoms with Gasteiger partial charge in [0, 0.05) is 10.8 Å². The summed E-state index contributed by atoms with van der Waals surface area (Å²) in [6.07, 6.45) is 2.06. The highest BCUT2D eigenvalue weighted by Gasteiger charge is 1.96. The zero-order valence-electron chi connectivity index (χ0n) is 3.98. The first kappa shape index (κ1) is 5.84. The molecule has 0 spiro atoms. The van der Waals surface area contributed by atoms with Gasteiger partial charge in [0.25, 0.3) is 0 Å². The van der Waals surface area contributed by atoms with E-state index in [9.17, 15) is 10.4 Å². The third kappa shape index (κ3) is 1.34. The summed E-state index contributed by atoms with van der Waals surface area (Å²) in [6.45, 7) is 0. The molecule has 0 saturated carbocycles. The highest BCUT2D eigenvalue weighted by Crippen LogP contribution is 2.17. The molecular formula is C4H4NO2S-. The number of thioether (sulfide) groups is 1. The van der Waals surface area contributed by atoms with E-state index in [2.05, 4.69) is 0 Å². The van der Waals surface area contributed by atoms with E-state index in [1.165, 1.54) is 22.6 Å². The summed E-state index contributed by atoms with van der Waals surface area (Å²) in [6, 6.07) is 0. The number of hydrogen-bond acceptors (Lipinski definition) is 3. The molecule has 4 heteroatoms. The lowest BCUT2D eigenvalue weighted by Crippen LogP contribution is -2.20. The van der Waals surface area contributed by atoms with Gasteiger partial charge < -0.3 is 15.2 Å². The van der Waals surface area contributed by atoms with Gasteiger partial charge in [-0.3, -0.25) is 0 Å². The molecule has 0 aromatic carbocycles. The molecule has 0 radical (unpaired) electrons. The van der Waals surface area contributed by atoms with Gasteiger partial charge in [-0.1, -0.05) is 11.8 Å². The molecule has 0 bridgehead atoms. The lowest BCUT2D eigenvalue weighted by molar-refractivity contribution is -0.716. The first-order valence-corrected chi connectivity index (χ1v) is 2.96. The fourth-order valence-electron chi connectivity index (χ4n) is 0.335. The molecule has 44 valence electrons. The van der Waals surface area contributed by atoms with Crippen LogP contribution in [0.1, 0.15) is 0 Å². The molecule has 8 heavy (non-hydrogen) atoms. The Bertz CT molecular complexity index is 127. The molecule has 0 fully saturated rings. The Morgan fingerprint density at radius 3 is 1.88 bits per heavy atom. The van der Waals surface area contributed by atoms with Crippen molar-refractivity contribution in [2.75, 3.05) is 0 Å². The van der Waals surface area contributed by atoms with Gasteiger partial charge in [0.15, 0.2) is 0 Å². The monoisotopic (exact) mass is 130 g/mol. The van der Waals surface area contributed by atoms with Crippen molar-refractivity contribution < 1.29 is 4.81 Å². The minimum absolute atomic E-state index is 1.03. The second-order valence-electron chi connectivity index (χ2n) is 1.35. The molecular weight excluding hydrogens is 126 g/mol. The Morgan fingerprint density at radius 2 is 1.62 bits per heavy atom. The zero-order valence-corrected chi connectivity index (χ0v) is 4.80. The van der Waals surface area contributed by atoms with Gasteiger partial charge in [-0.15, -0.1) is 0 Å². The topological polar surface area (TPSA) is 46.1 Å². The van der Waals surface area contributed by atoms with Crippen molar-refractivity contribution in [3.63, 3.8) is 0 Å². The van der Waals surface area contributed by atoms with Gasteiger partial charge in [-0.2, -0.15) is 0 Å². The van der Waals surface area contributed by atoms with Crippen LogP contribution in [-0.4, -0.2) is 4.81 Å². The van der Waals surface area contributed by atoms with Gasteiger partial charge >= 0.3 is 0 Å². The van der Waals surface area contributed by atoms with Crippen LogP contribution in [0.5, 0.6) is 0 Å². The van der Waals surface area contributed by atoms with E-state index in [0.717, 1.165) is 12.4 Å². The highest BCUT2D eigenvalue weighted by atomic mass is 32.2. The molecule has 0 aliphatic carbocycles. The zero-order chi connectivity index (χ0) is 6.04. The highest BCUT2D eigenvalue weighted by molar-refractivity contribution is 8.04. The lowest BCUT2D eigenvalue weighted by atomic mass is 10.8. The minimum atomic E-state index is -1.63. The number of quaternary nitrogens is 1. The Morgan fingerprint density at radius 1 is 1.12 bits per heavy atom. The van der Waals surface area contributed by atoms with Crippen LogP contribution in [0.3, 0.4) is 0 Å². The molecule has 1 aliphatic heterocycles. The van der Waals surface area contributed by atoms with Crippen LogP contribution in [0, 0.1) is 10.4 Å². The van der Waals surface area contributed by atoms with Crippen LogP contribution in [0.15, 0.2) is 23.2 Å². The standard InChI is InChI=1S/C4H4NO2S/c6-5(7)1-3-8-4-2-5/h1-4H/q-1. The average Bonchev–Trinajstić information content (AvgIpc) is 1.65. The molecule has 1 heterocycles. The van der Waals surface area contributed by atoms with E-state index in [-0.39, 0.29) is 0 Å². The third-order valence-electron chi connectivity index (χ3n) is 0.694. The first-order chi connectivity index (χ1) is 3.71. The SMILES string of the molecule is [O-][N+]1([O-])C=CSC=C1. The van der Waals surface area contributed by atoms with Crippen LogP contribution >= 0.6 is 11.8 Å². The summed E-state index contributed by atoms with van der Waals surface area (Å²) in [4.78, 5) is -1.63. The van der Waals surface area contributed by atoms with Crippen molar-refractivity contribution in [3.05, 3.63) is 33.6 Å². The normalized spacial score (nSPS) is 23.8. The van der Waals surface area contributed by atoms with E-state index in [1.54, 1.807) is 0 Å². The van der Waals surface area contributed by atoms with Crippen LogP contribution < -0.4 is 0 Å². The molecule has 1 rings (SSSR count). The average molecular weight is 130 g/mol. The number of nitrogens with zero attached hydrogens (tertiary/aromatic N) is 1. The quantitative estimate of drug-likeness (QED) is 0.368. The summed E-state index contributed by atoms with van der Waals surface area (Å²) < 4.78 is 0. The lowest BCUT2D eigenvalue weighted by Gasteiger charge is -2.39. The Hall–Kier alpha value is -0.290. The summed E-state index contributed by atoms with van der Waals surface area (Å²) in [5, 5.41) is 23.6. The second-order valence-corrected chi connectivity index (χ2v) is 2.17. The molecule has 3 nitrogen and oxygen atoms in total. The van der Waals surface area contributed by atoms with Crippen molar-refractivity contribution in [3.8, 4) is 0 Å². The predicted octanol–water partition coefficient (Wildman–Crippen LogP) is 1.49. The molecule has 0 amide bonds. The van der Waals surface area contributed by atoms with E-state index in [1.807, 2.05) is 0 Å². The maximum atomic E-state index is 10.3. The van der Waals surface area contributed by atoms with Crippen molar-refractivity contribution in [1.29, 1.82) is 0 Å². The molecule has 0 atom stereocenters. The maximum absolute atomic E-state index is 10.3. The summed E-state index contributed by atoms with van der Waals surface area (Å²) in [5.74, 6) is 0. The first-order valence-electron chi connectivity index (χ1n) is 2.02. The Kier molecular flexibility index (Phi) is 1.39. The third-order valence-corrected chi connectivity index (χ3v) is 1.25. The van der Waals surface area contributed by atoms with E-state index < -0.39 is 4.81 Å². The molecule has 0 saturated heterocycles. The van der Waals surface area contributed by atoms with Gasteiger partial charge in [0.1, 0.15) is 12.4 Å². The summed E-state index contributed by atoms with van der Waals surface area (Å²) in [5.41, 5.74) is 0. The van der Waals surface area contributed by atoms with Crippen molar-refractivity contribution >= 4 is 11.8 Å². The van der Waals surface area contributed by atoms with Crippen molar-refractivity contribution in [2.45, 2.75) is 0 Å². The number of rotatable bonds is 0. The number of hydroxylamine groups is 4. The van der Waals surface area contributed by atoms with Crippen LogP contribution in [-0.2, 0) is 0 Å². The maximum Gasteiger partial charge on any atom is 0.107 e. The molecule has 0 N–H and O–H groups in total.